The molecular formula is C11H14FNO5S. The van der Waals surface area contributed by atoms with E-state index in [-0.39, 0.29) is 18.9 Å². The molecule has 0 spiro atoms. The maximum absolute atomic E-state index is 12.6. The summed E-state index contributed by atoms with van der Waals surface area (Å²) in [5, 5.41) is 8.30. The Kier molecular flexibility index (Phi) is 5.87. The van der Waals surface area contributed by atoms with E-state index in [0.29, 0.717) is 5.56 Å². The van der Waals surface area contributed by atoms with Gasteiger partial charge in [0.05, 0.1) is 12.4 Å². The molecule has 106 valence electrons. The molecule has 0 atom stereocenters. The van der Waals surface area contributed by atoms with Crippen molar-refractivity contribution >= 4 is 16.0 Å². The number of hydrogen-bond donors (Lipinski definition) is 2. The molecule has 0 saturated heterocycles. The molecule has 2 N–H and O–H groups in total. The summed E-state index contributed by atoms with van der Waals surface area (Å²) in [6.07, 6.45) is 0. The molecule has 0 fully saturated rings. The predicted octanol–water partition coefficient (Wildman–Crippen LogP) is 0.346. The molecule has 0 saturated carbocycles. The van der Waals surface area contributed by atoms with Crippen LogP contribution in [0.25, 0.3) is 0 Å². The molecule has 0 heterocycles. The molecule has 0 aliphatic rings. The minimum Gasteiger partial charge on any atom is -0.480 e. The minimum absolute atomic E-state index is 0.0171. The summed E-state index contributed by atoms with van der Waals surface area (Å²) in [5.74, 6) is -1.82. The lowest BCUT2D eigenvalue weighted by molar-refractivity contribution is -0.142. The first-order valence-electron chi connectivity index (χ1n) is 5.40. The molecule has 0 aliphatic carbocycles. The van der Waals surface area contributed by atoms with Crippen LogP contribution in [-0.4, -0.2) is 39.3 Å². The van der Waals surface area contributed by atoms with Gasteiger partial charge >= 0.3 is 5.97 Å². The van der Waals surface area contributed by atoms with Gasteiger partial charge in [-0.15, -0.1) is 0 Å². The average Bonchev–Trinajstić information content (AvgIpc) is 2.31. The molecule has 0 amide bonds. The number of carbonyl (C=O) groups is 1. The fraction of sp³-hybridized carbons (Fsp3) is 0.364. The smallest absolute Gasteiger partial charge is 0.329 e. The molecule has 1 aromatic rings. The summed E-state index contributed by atoms with van der Waals surface area (Å²) in [4.78, 5) is 10.1. The zero-order chi connectivity index (χ0) is 14.3. The zero-order valence-corrected chi connectivity index (χ0v) is 10.8. The SMILES string of the molecule is O=C(O)COCCNS(=O)(=O)Cc1ccc(F)cc1. The van der Waals surface area contributed by atoms with Gasteiger partial charge in [-0.25, -0.2) is 22.3 Å². The van der Waals surface area contributed by atoms with E-state index in [2.05, 4.69) is 9.46 Å². The van der Waals surface area contributed by atoms with Gasteiger partial charge in [0.1, 0.15) is 12.4 Å². The molecule has 0 bridgehead atoms. The standard InChI is InChI=1S/C11H14FNO5S/c12-10-3-1-9(2-4-10)8-19(16,17)13-5-6-18-7-11(14)15/h1-4,13H,5-8H2,(H,14,15). The Bertz CT molecular complexity index is 514. The number of aliphatic carboxylic acids is 1. The third-order valence-corrected chi connectivity index (χ3v) is 3.42. The summed E-state index contributed by atoms with van der Waals surface area (Å²) in [6, 6.07) is 5.13. The second-order valence-corrected chi connectivity index (χ2v) is 5.53. The summed E-state index contributed by atoms with van der Waals surface area (Å²) < 4.78 is 42.8. The lowest BCUT2D eigenvalue weighted by atomic mass is 10.2. The Morgan fingerprint density at radius 2 is 1.95 bits per heavy atom. The lowest BCUT2D eigenvalue weighted by Crippen LogP contribution is -2.29. The monoisotopic (exact) mass is 291 g/mol. The van der Waals surface area contributed by atoms with Crippen LogP contribution in [0.1, 0.15) is 5.56 Å². The van der Waals surface area contributed by atoms with Crippen LogP contribution < -0.4 is 4.72 Å². The van der Waals surface area contributed by atoms with Crippen molar-refractivity contribution in [2.45, 2.75) is 5.75 Å². The van der Waals surface area contributed by atoms with Crippen molar-refractivity contribution in [1.82, 2.24) is 4.72 Å². The number of carboxylic acids is 1. The van der Waals surface area contributed by atoms with Crippen molar-refractivity contribution in [3.8, 4) is 0 Å². The van der Waals surface area contributed by atoms with Gasteiger partial charge in [-0.1, -0.05) is 12.1 Å². The van der Waals surface area contributed by atoms with Gasteiger partial charge in [0.25, 0.3) is 0 Å². The zero-order valence-electron chi connectivity index (χ0n) is 10.0. The van der Waals surface area contributed by atoms with Crippen LogP contribution in [0.3, 0.4) is 0 Å². The van der Waals surface area contributed by atoms with E-state index < -0.39 is 28.4 Å². The van der Waals surface area contributed by atoms with Crippen LogP contribution in [-0.2, 0) is 25.3 Å². The Morgan fingerprint density at radius 1 is 1.32 bits per heavy atom. The molecule has 1 rings (SSSR count). The number of halogens is 1. The van der Waals surface area contributed by atoms with Crippen LogP contribution >= 0.6 is 0 Å². The quantitative estimate of drug-likeness (QED) is 0.674. The first-order chi connectivity index (χ1) is 8.89. The molecule has 1 aromatic carbocycles. The lowest BCUT2D eigenvalue weighted by Gasteiger charge is -2.06. The first-order valence-corrected chi connectivity index (χ1v) is 7.05. The van der Waals surface area contributed by atoms with E-state index in [1.807, 2.05) is 0 Å². The van der Waals surface area contributed by atoms with Gasteiger partial charge in [-0.2, -0.15) is 0 Å². The highest BCUT2D eigenvalue weighted by atomic mass is 32.2. The van der Waals surface area contributed by atoms with Crippen LogP contribution in [0, 0.1) is 5.82 Å². The molecule has 8 heteroatoms. The summed E-state index contributed by atoms with van der Waals surface area (Å²) in [6.45, 7) is -0.522. The van der Waals surface area contributed by atoms with Crippen molar-refractivity contribution in [2.75, 3.05) is 19.8 Å². The summed E-state index contributed by atoms with van der Waals surface area (Å²) in [7, 11) is -3.55. The summed E-state index contributed by atoms with van der Waals surface area (Å²) in [5.41, 5.74) is 0.459. The van der Waals surface area contributed by atoms with Crippen LogP contribution in [0.4, 0.5) is 4.39 Å². The number of benzene rings is 1. The van der Waals surface area contributed by atoms with Crippen molar-refractivity contribution in [3.05, 3.63) is 35.6 Å². The fourth-order valence-electron chi connectivity index (χ4n) is 1.28. The highest BCUT2D eigenvalue weighted by Crippen LogP contribution is 2.06. The molecule has 19 heavy (non-hydrogen) atoms. The van der Waals surface area contributed by atoms with E-state index in [0.717, 1.165) is 0 Å². The third kappa shape index (κ3) is 6.85. The summed E-state index contributed by atoms with van der Waals surface area (Å²) >= 11 is 0. The highest BCUT2D eigenvalue weighted by Gasteiger charge is 2.11. The predicted molar refractivity (Wildman–Crippen MR) is 65.5 cm³/mol. The molecule has 6 nitrogen and oxygen atoms in total. The van der Waals surface area contributed by atoms with Gasteiger partial charge in [0, 0.05) is 6.54 Å². The van der Waals surface area contributed by atoms with Crippen LogP contribution in [0.15, 0.2) is 24.3 Å². The second kappa shape index (κ2) is 7.17. The normalized spacial score (nSPS) is 11.4. The Morgan fingerprint density at radius 3 is 2.53 bits per heavy atom. The number of rotatable bonds is 8. The van der Waals surface area contributed by atoms with E-state index >= 15 is 0 Å². The van der Waals surface area contributed by atoms with E-state index in [9.17, 15) is 17.6 Å². The Hall–Kier alpha value is -1.51. The fourth-order valence-corrected chi connectivity index (χ4v) is 2.41. The molecule has 0 unspecified atom stereocenters. The number of sulfonamides is 1. The Balaban J connectivity index is 2.35. The van der Waals surface area contributed by atoms with Gasteiger partial charge in [-0.05, 0) is 17.7 Å². The average molecular weight is 291 g/mol. The number of hydrogen-bond acceptors (Lipinski definition) is 4. The van der Waals surface area contributed by atoms with Crippen molar-refractivity contribution in [3.63, 3.8) is 0 Å². The van der Waals surface area contributed by atoms with Gasteiger partial charge in [-0.3, -0.25) is 0 Å². The Labute approximate surface area is 110 Å². The van der Waals surface area contributed by atoms with E-state index in [1.165, 1.54) is 24.3 Å². The van der Waals surface area contributed by atoms with Crippen molar-refractivity contribution in [1.29, 1.82) is 0 Å². The maximum atomic E-state index is 12.6. The van der Waals surface area contributed by atoms with Crippen molar-refractivity contribution in [2.24, 2.45) is 0 Å². The van der Waals surface area contributed by atoms with E-state index in [4.69, 9.17) is 5.11 Å². The maximum Gasteiger partial charge on any atom is 0.329 e. The van der Waals surface area contributed by atoms with Gasteiger partial charge in [0.2, 0.25) is 10.0 Å². The number of ether oxygens (including phenoxy) is 1. The van der Waals surface area contributed by atoms with Gasteiger partial charge < -0.3 is 9.84 Å². The van der Waals surface area contributed by atoms with Crippen molar-refractivity contribution < 1.29 is 27.4 Å². The molecule has 0 radical (unpaired) electrons. The van der Waals surface area contributed by atoms with E-state index in [1.54, 1.807) is 0 Å². The number of carboxylic acid groups (broad SMARTS) is 1. The minimum atomic E-state index is -3.55. The third-order valence-electron chi connectivity index (χ3n) is 2.06. The molecular weight excluding hydrogens is 277 g/mol. The van der Waals surface area contributed by atoms with Crippen LogP contribution in [0.2, 0.25) is 0 Å². The molecule has 0 aromatic heterocycles. The van der Waals surface area contributed by atoms with Crippen LogP contribution in [0.5, 0.6) is 0 Å². The number of nitrogens with one attached hydrogen (secondary N) is 1. The first kappa shape index (κ1) is 15.5. The highest BCUT2D eigenvalue weighted by molar-refractivity contribution is 7.88. The largest absolute Gasteiger partial charge is 0.480 e. The topological polar surface area (TPSA) is 92.7 Å². The van der Waals surface area contributed by atoms with Gasteiger partial charge in [0.15, 0.2) is 0 Å². The molecule has 0 aliphatic heterocycles. The second-order valence-electron chi connectivity index (χ2n) is 3.73.